The summed E-state index contributed by atoms with van der Waals surface area (Å²) in [5, 5.41) is 6.06. The predicted molar refractivity (Wildman–Crippen MR) is 99.5 cm³/mol. The van der Waals surface area contributed by atoms with E-state index in [2.05, 4.69) is 16.7 Å². The van der Waals surface area contributed by atoms with Crippen LogP contribution in [-0.2, 0) is 16.0 Å². The Balaban J connectivity index is 0.00000182. The van der Waals surface area contributed by atoms with Crippen LogP contribution >= 0.6 is 12.4 Å². The SMILES string of the molecule is CC(NC(=O)C1C2CCC(C2)C1N)c1ccc2c(c1)CCC(=O)N2.Cl. The number of halogens is 1. The van der Waals surface area contributed by atoms with E-state index >= 15 is 0 Å². The van der Waals surface area contributed by atoms with E-state index in [9.17, 15) is 9.59 Å². The van der Waals surface area contributed by atoms with Gasteiger partial charge in [0.2, 0.25) is 11.8 Å². The molecule has 0 spiro atoms. The van der Waals surface area contributed by atoms with Gasteiger partial charge in [0, 0.05) is 18.2 Å². The molecule has 0 saturated heterocycles. The average molecular weight is 364 g/mol. The zero-order valence-electron chi connectivity index (χ0n) is 14.5. The van der Waals surface area contributed by atoms with Crippen LogP contribution in [0.25, 0.3) is 0 Å². The van der Waals surface area contributed by atoms with E-state index in [1.54, 1.807) is 0 Å². The number of benzene rings is 1. The van der Waals surface area contributed by atoms with Gasteiger partial charge in [-0.15, -0.1) is 12.4 Å². The van der Waals surface area contributed by atoms with Gasteiger partial charge in [-0.3, -0.25) is 9.59 Å². The molecule has 6 heteroatoms. The number of amides is 2. The molecular weight excluding hydrogens is 338 g/mol. The summed E-state index contributed by atoms with van der Waals surface area (Å²) >= 11 is 0. The maximum absolute atomic E-state index is 12.7. The zero-order chi connectivity index (χ0) is 16.8. The van der Waals surface area contributed by atoms with E-state index in [-0.39, 0.29) is 42.2 Å². The highest BCUT2D eigenvalue weighted by Gasteiger charge is 2.49. The van der Waals surface area contributed by atoms with E-state index in [0.29, 0.717) is 18.3 Å². The van der Waals surface area contributed by atoms with Gasteiger partial charge in [0.15, 0.2) is 0 Å². The van der Waals surface area contributed by atoms with Crippen LogP contribution in [0, 0.1) is 17.8 Å². The third-order valence-electron chi connectivity index (χ3n) is 6.17. The van der Waals surface area contributed by atoms with Crippen molar-refractivity contribution in [1.82, 2.24) is 5.32 Å². The normalized spacial score (nSPS) is 30.9. The van der Waals surface area contributed by atoms with Crippen LogP contribution in [0.4, 0.5) is 5.69 Å². The smallest absolute Gasteiger partial charge is 0.225 e. The number of fused-ring (bicyclic) bond motifs is 3. The second kappa shape index (κ2) is 6.96. The van der Waals surface area contributed by atoms with Crippen LogP contribution in [-0.4, -0.2) is 17.9 Å². The van der Waals surface area contributed by atoms with Crippen molar-refractivity contribution in [3.8, 4) is 0 Å². The molecule has 2 bridgehead atoms. The Kier molecular flexibility index (Phi) is 5.07. The Morgan fingerprint density at radius 1 is 1.28 bits per heavy atom. The Morgan fingerprint density at radius 3 is 2.76 bits per heavy atom. The van der Waals surface area contributed by atoms with Crippen LogP contribution in [0.3, 0.4) is 0 Å². The number of nitrogens with two attached hydrogens (primary N) is 1. The maximum Gasteiger partial charge on any atom is 0.225 e. The monoisotopic (exact) mass is 363 g/mol. The zero-order valence-corrected chi connectivity index (χ0v) is 15.3. The lowest BCUT2D eigenvalue weighted by Gasteiger charge is -2.28. The molecule has 2 fully saturated rings. The first-order chi connectivity index (χ1) is 11.5. The fourth-order valence-electron chi connectivity index (χ4n) is 4.79. The summed E-state index contributed by atoms with van der Waals surface area (Å²) in [6.45, 7) is 2.01. The van der Waals surface area contributed by atoms with Crippen molar-refractivity contribution in [2.24, 2.45) is 23.5 Å². The molecule has 0 aromatic heterocycles. The van der Waals surface area contributed by atoms with Crippen molar-refractivity contribution in [3.05, 3.63) is 29.3 Å². The molecule has 5 unspecified atom stereocenters. The van der Waals surface area contributed by atoms with Gasteiger partial charge in [0.05, 0.1) is 12.0 Å². The average Bonchev–Trinajstić information content (AvgIpc) is 3.15. The maximum atomic E-state index is 12.7. The van der Waals surface area contributed by atoms with E-state index in [1.807, 2.05) is 19.1 Å². The molecule has 5 atom stereocenters. The first-order valence-electron chi connectivity index (χ1n) is 9.01. The van der Waals surface area contributed by atoms with Crippen molar-refractivity contribution in [2.75, 3.05) is 5.32 Å². The van der Waals surface area contributed by atoms with Crippen molar-refractivity contribution < 1.29 is 9.59 Å². The van der Waals surface area contributed by atoms with Crippen LogP contribution in [0.5, 0.6) is 0 Å². The van der Waals surface area contributed by atoms with E-state index in [4.69, 9.17) is 5.73 Å². The van der Waals surface area contributed by atoms with Gasteiger partial charge in [0.1, 0.15) is 0 Å². The topological polar surface area (TPSA) is 84.2 Å². The molecule has 3 aliphatic rings. The highest BCUT2D eigenvalue weighted by molar-refractivity contribution is 5.93. The Labute approximate surface area is 154 Å². The third-order valence-corrected chi connectivity index (χ3v) is 6.17. The van der Waals surface area contributed by atoms with Crippen LogP contribution in [0.15, 0.2) is 18.2 Å². The highest BCUT2D eigenvalue weighted by atomic mass is 35.5. The third kappa shape index (κ3) is 3.27. The lowest BCUT2D eigenvalue weighted by molar-refractivity contribution is -0.127. The number of rotatable bonds is 3. The summed E-state index contributed by atoms with van der Waals surface area (Å²) in [5.41, 5.74) is 9.40. The van der Waals surface area contributed by atoms with E-state index in [0.717, 1.165) is 36.1 Å². The van der Waals surface area contributed by atoms with Crippen LogP contribution in [0.2, 0.25) is 0 Å². The second-order valence-electron chi connectivity index (χ2n) is 7.63. The van der Waals surface area contributed by atoms with Gasteiger partial charge in [-0.1, -0.05) is 12.1 Å². The van der Waals surface area contributed by atoms with E-state index < -0.39 is 0 Å². The summed E-state index contributed by atoms with van der Waals surface area (Å²) in [5.74, 6) is 1.16. The van der Waals surface area contributed by atoms with Crippen LogP contribution < -0.4 is 16.4 Å². The molecule has 1 heterocycles. The first-order valence-corrected chi connectivity index (χ1v) is 9.01. The predicted octanol–water partition coefficient (Wildman–Crippen LogP) is 2.54. The molecule has 1 aliphatic heterocycles. The second-order valence-corrected chi connectivity index (χ2v) is 7.63. The Bertz CT molecular complexity index is 691. The summed E-state index contributed by atoms with van der Waals surface area (Å²) in [6, 6.07) is 5.99. The number of hydrogen-bond acceptors (Lipinski definition) is 3. The van der Waals surface area contributed by atoms with Crippen molar-refractivity contribution in [2.45, 2.75) is 51.1 Å². The molecule has 1 aromatic carbocycles. The molecule has 0 radical (unpaired) electrons. The fourth-order valence-corrected chi connectivity index (χ4v) is 4.79. The number of hydrogen-bond donors (Lipinski definition) is 3. The number of carbonyl (C=O) groups is 2. The minimum atomic E-state index is -0.0493. The van der Waals surface area contributed by atoms with Gasteiger partial charge >= 0.3 is 0 Å². The number of aryl methyl sites for hydroxylation is 1. The lowest BCUT2D eigenvalue weighted by Crippen LogP contribution is -2.45. The van der Waals surface area contributed by atoms with Crippen molar-refractivity contribution in [1.29, 1.82) is 0 Å². The largest absolute Gasteiger partial charge is 0.349 e. The first kappa shape index (κ1) is 18.2. The Hall–Kier alpha value is -1.59. The number of nitrogens with one attached hydrogen (secondary N) is 2. The number of carbonyl (C=O) groups excluding carboxylic acids is 2. The molecule has 1 aromatic rings. The molecule has 2 saturated carbocycles. The highest BCUT2D eigenvalue weighted by Crippen LogP contribution is 2.47. The molecular formula is C19H26ClN3O2. The summed E-state index contributed by atoms with van der Waals surface area (Å²) in [4.78, 5) is 24.2. The van der Waals surface area contributed by atoms with Crippen molar-refractivity contribution in [3.63, 3.8) is 0 Å². The van der Waals surface area contributed by atoms with Crippen molar-refractivity contribution >= 4 is 29.9 Å². The molecule has 2 amide bonds. The van der Waals surface area contributed by atoms with Gasteiger partial charge in [-0.2, -0.15) is 0 Å². The fraction of sp³-hybridized carbons (Fsp3) is 0.579. The summed E-state index contributed by atoms with van der Waals surface area (Å²) in [6.07, 6.45) is 4.72. The molecule has 4 N–H and O–H groups in total. The minimum Gasteiger partial charge on any atom is -0.349 e. The molecule has 4 rings (SSSR count). The van der Waals surface area contributed by atoms with Gasteiger partial charge in [-0.25, -0.2) is 0 Å². The van der Waals surface area contributed by atoms with Gasteiger partial charge in [0.25, 0.3) is 0 Å². The molecule has 136 valence electrons. The van der Waals surface area contributed by atoms with E-state index in [1.165, 1.54) is 6.42 Å². The van der Waals surface area contributed by atoms with Gasteiger partial charge in [-0.05, 0) is 61.6 Å². The molecule has 2 aliphatic carbocycles. The van der Waals surface area contributed by atoms with Crippen LogP contribution in [0.1, 0.15) is 49.8 Å². The Morgan fingerprint density at radius 2 is 2.04 bits per heavy atom. The summed E-state index contributed by atoms with van der Waals surface area (Å²) in [7, 11) is 0. The minimum absolute atomic E-state index is 0. The molecule has 25 heavy (non-hydrogen) atoms. The van der Waals surface area contributed by atoms with Gasteiger partial charge < -0.3 is 16.4 Å². The number of anilines is 1. The molecule has 5 nitrogen and oxygen atoms in total. The quantitative estimate of drug-likeness (QED) is 0.771. The standard InChI is InChI=1S/C19H25N3O2.ClH/c1-10(11-4-6-15-12(8-11)5-7-16(23)22-15)21-19(24)17-13-2-3-14(9-13)18(17)20;/h4,6,8,10,13-14,17-18H,2-3,5,7,9,20H2,1H3,(H,21,24)(H,22,23);1H. The summed E-state index contributed by atoms with van der Waals surface area (Å²) < 4.78 is 0. The lowest BCUT2D eigenvalue weighted by atomic mass is 9.84.